The highest BCUT2D eigenvalue weighted by atomic mass is 16.1. The summed E-state index contributed by atoms with van der Waals surface area (Å²) in [5.74, 6) is 0.167. The summed E-state index contributed by atoms with van der Waals surface area (Å²) in [5.41, 5.74) is 2.96. The first-order chi connectivity index (χ1) is 9.73. The Morgan fingerprint density at radius 2 is 2.10 bits per heavy atom. The fourth-order valence-electron chi connectivity index (χ4n) is 4.37. The Labute approximate surface area is 125 Å². The Hall–Kier alpha value is -1.89. The van der Waals surface area contributed by atoms with Crippen LogP contribution in [0.5, 0.6) is 0 Å². The molecule has 1 aromatic rings. The molecule has 0 N–H and O–H groups in total. The van der Waals surface area contributed by atoms with Crippen molar-refractivity contribution < 1.29 is 4.79 Å². The van der Waals surface area contributed by atoms with E-state index in [4.69, 9.17) is 5.10 Å². The van der Waals surface area contributed by atoms with Crippen molar-refractivity contribution in [2.75, 3.05) is 0 Å². The molecular weight excluding hydrogens is 262 g/mol. The third kappa shape index (κ3) is 1.61. The van der Waals surface area contributed by atoms with Crippen LogP contribution in [0.2, 0.25) is 0 Å². The third-order valence-electron chi connectivity index (χ3n) is 5.64. The second-order valence-electron chi connectivity index (χ2n) is 7.13. The van der Waals surface area contributed by atoms with Gasteiger partial charge in [0.25, 0.3) is 0 Å². The Morgan fingerprint density at radius 1 is 1.43 bits per heavy atom. The van der Waals surface area contributed by atoms with Crippen LogP contribution in [-0.2, 0) is 23.7 Å². The highest BCUT2D eigenvalue weighted by Crippen LogP contribution is 2.54. The molecule has 0 fully saturated rings. The van der Waals surface area contributed by atoms with Crippen molar-refractivity contribution in [3.63, 3.8) is 0 Å². The summed E-state index contributed by atoms with van der Waals surface area (Å²) >= 11 is 0. The van der Waals surface area contributed by atoms with Crippen LogP contribution >= 0.6 is 0 Å². The normalized spacial score (nSPS) is 30.2. The van der Waals surface area contributed by atoms with Crippen LogP contribution in [0.25, 0.3) is 0 Å². The van der Waals surface area contributed by atoms with Crippen LogP contribution in [-0.4, -0.2) is 15.6 Å². The molecule has 110 valence electrons. The lowest BCUT2D eigenvalue weighted by molar-refractivity contribution is -0.128. The van der Waals surface area contributed by atoms with Gasteiger partial charge in [0.15, 0.2) is 5.78 Å². The Morgan fingerprint density at radius 3 is 2.71 bits per heavy atom. The maximum atomic E-state index is 12.5. The molecule has 0 saturated heterocycles. The van der Waals surface area contributed by atoms with E-state index in [1.54, 1.807) is 0 Å². The lowest BCUT2D eigenvalue weighted by Gasteiger charge is -2.49. The van der Waals surface area contributed by atoms with Gasteiger partial charge >= 0.3 is 0 Å². The van der Waals surface area contributed by atoms with E-state index in [0.29, 0.717) is 0 Å². The predicted octanol–water partition coefficient (Wildman–Crippen LogP) is 2.61. The maximum Gasteiger partial charge on any atom is 0.178 e. The van der Waals surface area contributed by atoms with Crippen LogP contribution in [0.4, 0.5) is 0 Å². The number of hydrogen-bond donors (Lipinski definition) is 0. The number of allylic oxidation sites excluding steroid dienone is 2. The van der Waals surface area contributed by atoms with E-state index in [9.17, 15) is 10.1 Å². The largest absolute Gasteiger partial charge is 0.293 e. The number of carbonyl (C=O) groups is 1. The molecule has 0 unspecified atom stereocenters. The van der Waals surface area contributed by atoms with Crippen molar-refractivity contribution in [3.05, 3.63) is 28.6 Å². The number of carbonyl (C=O) groups excluding carboxylic acids is 1. The number of fused-ring (bicyclic) bond motifs is 3. The van der Waals surface area contributed by atoms with Gasteiger partial charge < -0.3 is 0 Å². The summed E-state index contributed by atoms with van der Waals surface area (Å²) in [4.78, 5) is 12.5. The second kappa shape index (κ2) is 4.07. The molecule has 0 bridgehead atoms. The highest BCUT2D eigenvalue weighted by molar-refractivity contribution is 6.04. The Balaban J connectivity index is 2.30. The lowest BCUT2D eigenvalue weighted by Crippen LogP contribution is -2.51. The number of Topliss-reactive ketones (excluding diaryl/α,β-unsaturated/α-hetero) is 1. The SMILES string of the molecule is Cc1c2c(nn1C)[C@@]1(C)C=C(C#N)C(=O)C(C)(C)[C@@H]1CC2. The molecule has 0 spiro atoms. The zero-order valence-electron chi connectivity index (χ0n) is 13.3. The maximum absolute atomic E-state index is 12.5. The average molecular weight is 283 g/mol. The van der Waals surface area contributed by atoms with Gasteiger partial charge in [-0.2, -0.15) is 10.4 Å². The number of ketones is 1. The number of nitrogens with zero attached hydrogens (tertiary/aromatic N) is 3. The van der Waals surface area contributed by atoms with E-state index in [0.717, 1.165) is 18.5 Å². The predicted molar refractivity (Wildman–Crippen MR) is 79.6 cm³/mol. The van der Waals surface area contributed by atoms with Gasteiger partial charge in [0.05, 0.1) is 11.3 Å². The minimum Gasteiger partial charge on any atom is -0.293 e. The van der Waals surface area contributed by atoms with Gasteiger partial charge in [-0.15, -0.1) is 0 Å². The van der Waals surface area contributed by atoms with E-state index >= 15 is 0 Å². The minimum atomic E-state index is -0.516. The number of hydrogen-bond acceptors (Lipinski definition) is 3. The molecule has 0 aliphatic heterocycles. The summed E-state index contributed by atoms with van der Waals surface area (Å²) < 4.78 is 1.92. The highest BCUT2D eigenvalue weighted by Gasteiger charge is 2.55. The van der Waals surface area contributed by atoms with Crippen molar-refractivity contribution in [1.82, 2.24) is 9.78 Å². The zero-order valence-corrected chi connectivity index (χ0v) is 13.3. The minimum absolute atomic E-state index is 0.0245. The van der Waals surface area contributed by atoms with Crippen LogP contribution < -0.4 is 0 Å². The summed E-state index contributed by atoms with van der Waals surface area (Å²) in [5, 5.41) is 14.1. The standard InChI is InChI=1S/C17H21N3O/c1-10-12-6-7-13-16(2,3)15(21)11(9-18)8-17(13,4)14(12)19-20(10)5/h8,13H,6-7H2,1-5H3/t13-,17-/m0/s1. The van der Waals surface area contributed by atoms with Gasteiger partial charge in [-0.1, -0.05) is 26.8 Å². The first-order valence-corrected chi connectivity index (χ1v) is 7.44. The van der Waals surface area contributed by atoms with Crippen molar-refractivity contribution in [3.8, 4) is 6.07 Å². The fraction of sp³-hybridized carbons (Fsp3) is 0.588. The molecule has 3 rings (SSSR count). The van der Waals surface area contributed by atoms with Gasteiger partial charge in [0, 0.05) is 23.6 Å². The van der Waals surface area contributed by atoms with E-state index in [1.807, 2.05) is 31.7 Å². The molecule has 0 saturated carbocycles. The van der Waals surface area contributed by atoms with Gasteiger partial charge in [0.1, 0.15) is 6.07 Å². The van der Waals surface area contributed by atoms with Crippen molar-refractivity contribution in [1.29, 1.82) is 5.26 Å². The van der Waals surface area contributed by atoms with Crippen LogP contribution in [0.1, 0.15) is 44.1 Å². The molecule has 21 heavy (non-hydrogen) atoms. The summed E-state index contributed by atoms with van der Waals surface area (Å²) in [6.45, 7) is 8.17. The van der Waals surface area contributed by atoms with Crippen molar-refractivity contribution in [2.45, 2.75) is 46.0 Å². The second-order valence-corrected chi connectivity index (χ2v) is 7.13. The first-order valence-electron chi connectivity index (χ1n) is 7.44. The van der Waals surface area contributed by atoms with Crippen LogP contribution in [0.15, 0.2) is 11.6 Å². The number of rotatable bonds is 0. The van der Waals surface area contributed by atoms with Gasteiger partial charge in [-0.3, -0.25) is 9.48 Å². The quantitative estimate of drug-likeness (QED) is 0.735. The summed E-state index contributed by atoms with van der Waals surface area (Å²) in [6.07, 6.45) is 3.79. The lowest BCUT2D eigenvalue weighted by atomic mass is 9.52. The van der Waals surface area contributed by atoms with Crippen LogP contribution in [0.3, 0.4) is 0 Å². The van der Waals surface area contributed by atoms with Crippen LogP contribution in [0, 0.1) is 29.6 Å². The van der Waals surface area contributed by atoms with Gasteiger partial charge in [0.2, 0.25) is 0 Å². The molecule has 0 aromatic carbocycles. The first kappa shape index (κ1) is 14.1. The molecule has 1 aromatic heterocycles. The molecule has 2 aliphatic rings. The third-order valence-corrected chi connectivity index (χ3v) is 5.64. The molecule has 1 heterocycles. The average Bonchev–Trinajstić information content (AvgIpc) is 2.72. The van der Waals surface area contributed by atoms with Crippen molar-refractivity contribution in [2.24, 2.45) is 18.4 Å². The van der Waals surface area contributed by atoms with Crippen molar-refractivity contribution >= 4 is 5.78 Å². The Kier molecular flexibility index (Phi) is 2.72. The topological polar surface area (TPSA) is 58.7 Å². The Bertz CT molecular complexity index is 717. The van der Waals surface area contributed by atoms with E-state index in [-0.39, 0.29) is 22.7 Å². The monoisotopic (exact) mass is 283 g/mol. The molecular formula is C17H21N3O. The smallest absolute Gasteiger partial charge is 0.178 e. The number of aromatic nitrogens is 2. The summed E-state index contributed by atoms with van der Waals surface area (Å²) in [6, 6.07) is 2.10. The van der Waals surface area contributed by atoms with E-state index in [2.05, 4.69) is 19.9 Å². The van der Waals surface area contributed by atoms with Gasteiger partial charge in [-0.25, -0.2) is 0 Å². The fourth-order valence-corrected chi connectivity index (χ4v) is 4.37. The van der Waals surface area contributed by atoms with E-state index in [1.165, 1.54) is 11.3 Å². The molecule has 0 amide bonds. The molecule has 4 heteroatoms. The zero-order chi connectivity index (χ0) is 15.6. The number of nitriles is 1. The van der Waals surface area contributed by atoms with Gasteiger partial charge in [-0.05, 0) is 31.2 Å². The number of aryl methyl sites for hydroxylation is 1. The molecule has 2 aliphatic carbocycles. The summed E-state index contributed by atoms with van der Waals surface area (Å²) in [7, 11) is 1.96. The molecule has 2 atom stereocenters. The molecule has 0 radical (unpaired) electrons. The van der Waals surface area contributed by atoms with E-state index < -0.39 is 5.41 Å². The molecule has 4 nitrogen and oxygen atoms in total.